The molecule has 0 aliphatic rings. The summed E-state index contributed by atoms with van der Waals surface area (Å²) in [6.45, 7) is 5.98. The van der Waals surface area contributed by atoms with E-state index in [9.17, 15) is 14.7 Å². The average molecular weight is 328 g/mol. The predicted molar refractivity (Wildman–Crippen MR) is 84.9 cm³/mol. The van der Waals surface area contributed by atoms with Crippen molar-refractivity contribution < 1.29 is 19.8 Å². The number of unbranched alkanes of at least 4 members (excludes halogenated alkanes) is 1. The van der Waals surface area contributed by atoms with E-state index in [-0.39, 0.29) is 23.6 Å². The van der Waals surface area contributed by atoms with Crippen molar-refractivity contribution in [2.24, 2.45) is 5.92 Å². The van der Waals surface area contributed by atoms with Crippen molar-refractivity contribution in [2.45, 2.75) is 58.6 Å². The summed E-state index contributed by atoms with van der Waals surface area (Å²) in [7, 11) is 0. The van der Waals surface area contributed by atoms with Crippen LogP contribution in [0.2, 0.25) is 0 Å². The van der Waals surface area contributed by atoms with Crippen molar-refractivity contribution in [3.63, 3.8) is 0 Å². The summed E-state index contributed by atoms with van der Waals surface area (Å²) in [5.74, 6) is -0.958. The van der Waals surface area contributed by atoms with Crippen LogP contribution in [0, 0.1) is 5.92 Å². The Morgan fingerprint density at radius 2 is 2.09 bits per heavy atom. The molecule has 6 nitrogen and oxygen atoms in total. The van der Waals surface area contributed by atoms with Crippen LogP contribution in [0.15, 0.2) is 5.38 Å². The number of carboxylic acid groups (broad SMARTS) is 1. The molecular formula is C15H24N2O4S. The molecule has 0 spiro atoms. The standard InChI is InChI=1S/C15H24N2O4S/c1-4-5-6-13(19)16-10(9(2)3)7-12(18)14-17-11(8-22-14)15(20)21/h8-10,12,18H,4-7H2,1-3H3,(H,16,19)(H,20,21). The van der Waals surface area contributed by atoms with E-state index in [0.717, 1.165) is 24.2 Å². The van der Waals surface area contributed by atoms with Gasteiger partial charge in [0.1, 0.15) is 11.1 Å². The Hall–Kier alpha value is -1.47. The van der Waals surface area contributed by atoms with E-state index < -0.39 is 12.1 Å². The van der Waals surface area contributed by atoms with Crippen molar-refractivity contribution in [2.75, 3.05) is 0 Å². The van der Waals surface area contributed by atoms with Crippen LogP contribution in [0.3, 0.4) is 0 Å². The van der Waals surface area contributed by atoms with E-state index in [0.29, 0.717) is 17.8 Å². The van der Waals surface area contributed by atoms with E-state index in [1.807, 2.05) is 20.8 Å². The second kappa shape index (κ2) is 8.85. The average Bonchev–Trinajstić information content (AvgIpc) is 2.94. The Morgan fingerprint density at radius 3 is 2.59 bits per heavy atom. The number of nitrogens with zero attached hydrogens (tertiary/aromatic N) is 1. The molecule has 1 amide bonds. The number of aromatic carboxylic acids is 1. The Kier molecular flexibility index (Phi) is 7.47. The highest BCUT2D eigenvalue weighted by Crippen LogP contribution is 2.24. The number of carbonyl (C=O) groups is 2. The minimum absolute atomic E-state index is 0.0156. The fraction of sp³-hybridized carbons (Fsp3) is 0.667. The molecular weight excluding hydrogens is 304 g/mol. The summed E-state index contributed by atoms with van der Waals surface area (Å²) in [6.07, 6.45) is 1.72. The molecule has 0 aliphatic carbocycles. The number of rotatable bonds is 9. The maximum absolute atomic E-state index is 11.8. The van der Waals surface area contributed by atoms with E-state index >= 15 is 0 Å². The number of carboxylic acids is 1. The number of aliphatic hydroxyl groups is 1. The van der Waals surface area contributed by atoms with Gasteiger partial charge in [0.15, 0.2) is 5.69 Å². The van der Waals surface area contributed by atoms with Crippen LogP contribution in [-0.2, 0) is 4.79 Å². The van der Waals surface area contributed by atoms with E-state index in [1.165, 1.54) is 5.38 Å². The van der Waals surface area contributed by atoms with Gasteiger partial charge in [-0.05, 0) is 12.3 Å². The third-order valence-electron chi connectivity index (χ3n) is 3.41. The maximum Gasteiger partial charge on any atom is 0.355 e. The maximum atomic E-state index is 11.8. The second-order valence-corrected chi connectivity index (χ2v) is 6.54. The first-order chi connectivity index (χ1) is 10.3. The molecule has 0 bridgehead atoms. The zero-order valence-electron chi connectivity index (χ0n) is 13.2. The van der Waals surface area contributed by atoms with E-state index in [1.54, 1.807) is 0 Å². The van der Waals surface area contributed by atoms with E-state index in [4.69, 9.17) is 5.11 Å². The quantitative estimate of drug-likeness (QED) is 0.647. The van der Waals surface area contributed by atoms with Crippen LogP contribution >= 0.6 is 11.3 Å². The number of amides is 1. The third-order valence-corrected chi connectivity index (χ3v) is 4.36. The molecule has 2 unspecified atom stereocenters. The molecule has 1 aromatic rings. The predicted octanol–water partition coefficient (Wildman–Crippen LogP) is 2.60. The molecule has 2 atom stereocenters. The first kappa shape index (κ1) is 18.6. The van der Waals surface area contributed by atoms with Crippen LogP contribution < -0.4 is 5.32 Å². The summed E-state index contributed by atoms with van der Waals surface area (Å²) in [6, 6.07) is -0.170. The highest BCUT2D eigenvalue weighted by atomic mass is 32.1. The van der Waals surface area contributed by atoms with Crippen LogP contribution in [-0.4, -0.2) is 33.1 Å². The van der Waals surface area contributed by atoms with Crippen LogP contribution in [0.5, 0.6) is 0 Å². The molecule has 0 saturated heterocycles. The van der Waals surface area contributed by atoms with Crippen molar-refractivity contribution in [1.29, 1.82) is 0 Å². The Bertz CT molecular complexity index is 501. The SMILES string of the molecule is CCCCC(=O)NC(CC(O)c1nc(C(=O)O)cs1)C(C)C. The normalized spacial score (nSPS) is 13.9. The van der Waals surface area contributed by atoms with E-state index in [2.05, 4.69) is 10.3 Å². The fourth-order valence-corrected chi connectivity index (χ4v) is 2.78. The number of aromatic nitrogens is 1. The summed E-state index contributed by atoms with van der Waals surface area (Å²) in [4.78, 5) is 26.6. The summed E-state index contributed by atoms with van der Waals surface area (Å²) in [5, 5.41) is 23.8. The minimum Gasteiger partial charge on any atom is -0.476 e. The smallest absolute Gasteiger partial charge is 0.355 e. The minimum atomic E-state index is -1.11. The molecule has 3 N–H and O–H groups in total. The number of carbonyl (C=O) groups excluding carboxylic acids is 1. The Morgan fingerprint density at radius 1 is 1.41 bits per heavy atom. The van der Waals surface area contributed by atoms with Gasteiger partial charge in [-0.1, -0.05) is 27.2 Å². The molecule has 7 heteroatoms. The lowest BCUT2D eigenvalue weighted by Crippen LogP contribution is -2.39. The molecule has 0 aliphatic heterocycles. The summed E-state index contributed by atoms with van der Waals surface area (Å²) >= 11 is 1.12. The molecule has 0 radical (unpaired) electrons. The topological polar surface area (TPSA) is 99.5 Å². The molecule has 0 aromatic carbocycles. The number of hydrogen-bond donors (Lipinski definition) is 3. The molecule has 124 valence electrons. The van der Waals surface area contributed by atoms with Gasteiger partial charge >= 0.3 is 5.97 Å². The third kappa shape index (κ3) is 5.73. The first-order valence-corrected chi connectivity index (χ1v) is 8.39. The highest BCUT2D eigenvalue weighted by Gasteiger charge is 2.23. The number of aliphatic hydroxyl groups excluding tert-OH is 1. The van der Waals surface area contributed by atoms with Crippen LogP contribution in [0.4, 0.5) is 0 Å². The summed E-state index contributed by atoms with van der Waals surface area (Å²) < 4.78 is 0. The zero-order valence-corrected chi connectivity index (χ0v) is 14.0. The van der Waals surface area contributed by atoms with Crippen molar-refractivity contribution >= 4 is 23.2 Å². The second-order valence-electron chi connectivity index (χ2n) is 5.65. The van der Waals surface area contributed by atoms with Gasteiger partial charge in [-0.3, -0.25) is 4.79 Å². The van der Waals surface area contributed by atoms with Crippen molar-refractivity contribution in [1.82, 2.24) is 10.3 Å². The Labute approximate surface area is 134 Å². The fourth-order valence-electron chi connectivity index (χ4n) is 1.99. The zero-order chi connectivity index (χ0) is 16.7. The van der Waals surface area contributed by atoms with Gasteiger partial charge in [-0.25, -0.2) is 9.78 Å². The largest absolute Gasteiger partial charge is 0.476 e. The molecule has 0 saturated carbocycles. The first-order valence-electron chi connectivity index (χ1n) is 7.51. The number of nitrogens with one attached hydrogen (secondary N) is 1. The molecule has 1 rings (SSSR count). The lowest BCUT2D eigenvalue weighted by atomic mass is 9.97. The van der Waals surface area contributed by atoms with Gasteiger partial charge < -0.3 is 15.5 Å². The lowest BCUT2D eigenvalue weighted by molar-refractivity contribution is -0.122. The highest BCUT2D eigenvalue weighted by molar-refractivity contribution is 7.09. The van der Waals surface area contributed by atoms with Gasteiger partial charge in [0, 0.05) is 24.3 Å². The van der Waals surface area contributed by atoms with Gasteiger partial charge in [-0.2, -0.15) is 0 Å². The van der Waals surface area contributed by atoms with Crippen LogP contribution in [0.1, 0.15) is 68.1 Å². The summed E-state index contributed by atoms with van der Waals surface area (Å²) in [5.41, 5.74) is -0.0628. The van der Waals surface area contributed by atoms with Gasteiger partial charge in [0.2, 0.25) is 5.91 Å². The number of hydrogen-bond acceptors (Lipinski definition) is 5. The molecule has 0 fully saturated rings. The monoisotopic (exact) mass is 328 g/mol. The van der Waals surface area contributed by atoms with Gasteiger partial charge in [-0.15, -0.1) is 11.3 Å². The van der Waals surface area contributed by atoms with Crippen LogP contribution in [0.25, 0.3) is 0 Å². The van der Waals surface area contributed by atoms with Crippen molar-refractivity contribution in [3.8, 4) is 0 Å². The van der Waals surface area contributed by atoms with Gasteiger partial charge in [0.05, 0.1) is 0 Å². The number of thiazole rings is 1. The molecule has 22 heavy (non-hydrogen) atoms. The molecule has 1 heterocycles. The Balaban J connectivity index is 2.64. The van der Waals surface area contributed by atoms with Gasteiger partial charge in [0.25, 0.3) is 0 Å². The molecule has 1 aromatic heterocycles. The lowest BCUT2D eigenvalue weighted by Gasteiger charge is -2.24. The van der Waals surface area contributed by atoms with Crippen molar-refractivity contribution in [3.05, 3.63) is 16.1 Å².